The maximum absolute atomic E-state index is 12.2. The Balaban J connectivity index is 1.59. The highest BCUT2D eigenvalue weighted by molar-refractivity contribution is 6.33. The maximum atomic E-state index is 12.2. The number of nitrogens with zero attached hydrogens (tertiary/aromatic N) is 5. The molecular formula is C23H28ClN5O2. The molecule has 164 valence electrons. The Morgan fingerprint density at radius 3 is 2.61 bits per heavy atom. The molecule has 2 heterocycles. The first-order chi connectivity index (χ1) is 15.0. The molecule has 0 N–H and O–H groups in total. The molecule has 1 aromatic heterocycles. The fraction of sp³-hybridized carbons (Fsp3) is 0.391. The van der Waals surface area contributed by atoms with Gasteiger partial charge in [0.15, 0.2) is 0 Å². The van der Waals surface area contributed by atoms with Gasteiger partial charge in [-0.2, -0.15) is 0 Å². The van der Waals surface area contributed by atoms with Gasteiger partial charge in [0.1, 0.15) is 6.33 Å². The molecule has 1 fully saturated rings. The second kappa shape index (κ2) is 9.26. The second-order valence-corrected chi connectivity index (χ2v) is 8.15. The maximum Gasteiger partial charge on any atom is 0.250 e. The average Bonchev–Trinajstić information content (AvgIpc) is 3.21. The van der Waals surface area contributed by atoms with Crippen LogP contribution < -0.4 is 4.90 Å². The highest BCUT2D eigenvalue weighted by atomic mass is 35.5. The zero-order valence-electron chi connectivity index (χ0n) is 18.2. The normalized spacial score (nSPS) is 14.9. The number of hydrogen-bond acceptors (Lipinski definition) is 5. The van der Waals surface area contributed by atoms with Crippen LogP contribution in [0.15, 0.2) is 42.7 Å². The van der Waals surface area contributed by atoms with Crippen LogP contribution in [0.1, 0.15) is 12.5 Å². The van der Waals surface area contributed by atoms with Gasteiger partial charge in [-0.25, -0.2) is 10.0 Å². The van der Waals surface area contributed by atoms with Crippen molar-refractivity contribution in [2.45, 2.75) is 13.3 Å². The fourth-order valence-corrected chi connectivity index (χ4v) is 4.26. The number of rotatable bonds is 6. The molecule has 0 saturated carbocycles. The summed E-state index contributed by atoms with van der Waals surface area (Å²) in [5.41, 5.74) is 4.72. The lowest BCUT2D eigenvalue weighted by Crippen LogP contribution is -2.46. The summed E-state index contributed by atoms with van der Waals surface area (Å²) in [5, 5.41) is 1.97. The largest absolute Gasteiger partial charge is 0.368 e. The zero-order valence-corrected chi connectivity index (χ0v) is 19.0. The molecule has 8 heteroatoms. The summed E-state index contributed by atoms with van der Waals surface area (Å²) in [6.07, 6.45) is 2.05. The standard InChI is InChI=1S/C23H28ClN5O2/c1-4-27-9-11-28(12-10-27)21-8-6-18(15-19(21)24)29-16-25-20-7-5-17(13-22(20)29)14-23(30)26(2)31-3/h5-8,13,15-16H,4,9-12,14H2,1-3H3. The van der Waals surface area contributed by atoms with Gasteiger partial charge in [0.05, 0.1) is 35.3 Å². The zero-order chi connectivity index (χ0) is 22.0. The Kier molecular flexibility index (Phi) is 6.46. The predicted molar refractivity (Wildman–Crippen MR) is 124 cm³/mol. The van der Waals surface area contributed by atoms with Gasteiger partial charge in [-0.1, -0.05) is 24.6 Å². The van der Waals surface area contributed by atoms with E-state index in [1.807, 2.05) is 28.8 Å². The number of piperazine rings is 1. The first kappa shape index (κ1) is 21.6. The molecule has 0 atom stereocenters. The highest BCUT2D eigenvalue weighted by Gasteiger charge is 2.18. The van der Waals surface area contributed by atoms with Crippen LogP contribution in [0.5, 0.6) is 0 Å². The van der Waals surface area contributed by atoms with E-state index < -0.39 is 0 Å². The summed E-state index contributed by atoms with van der Waals surface area (Å²) in [5.74, 6) is -0.108. The number of likely N-dealkylation sites (N-methyl/N-ethyl adjacent to an activating group) is 2. The number of carbonyl (C=O) groups excluding carboxylic acids is 1. The molecule has 1 saturated heterocycles. The van der Waals surface area contributed by atoms with E-state index in [0.717, 1.165) is 65.7 Å². The van der Waals surface area contributed by atoms with Crippen molar-refractivity contribution >= 4 is 34.2 Å². The molecular weight excluding hydrogens is 414 g/mol. The summed E-state index contributed by atoms with van der Waals surface area (Å²) in [4.78, 5) is 26.5. The number of hydrogen-bond donors (Lipinski definition) is 0. The molecule has 2 aromatic carbocycles. The van der Waals surface area contributed by atoms with Crippen molar-refractivity contribution in [3.8, 4) is 5.69 Å². The molecule has 0 aliphatic carbocycles. The summed E-state index contributed by atoms with van der Waals surface area (Å²) < 4.78 is 2.01. The Bertz CT molecular complexity index is 1080. The highest BCUT2D eigenvalue weighted by Crippen LogP contribution is 2.30. The predicted octanol–water partition coefficient (Wildman–Crippen LogP) is 3.38. The van der Waals surface area contributed by atoms with E-state index in [2.05, 4.69) is 33.8 Å². The number of benzene rings is 2. The lowest BCUT2D eigenvalue weighted by Gasteiger charge is -2.36. The molecule has 4 rings (SSSR count). The van der Waals surface area contributed by atoms with Crippen molar-refractivity contribution in [2.24, 2.45) is 0 Å². The van der Waals surface area contributed by atoms with Crippen molar-refractivity contribution < 1.29 is 9.63 Å². The van der Waals surface area contributed by atoms with E-state index in [9.17, 15) is 4.79 Å². The molecule has 0 spiro atoms. The van der Waals surface area contributed by atoms with Crippen molar-refractivity contribution in [1.82, 2.24) is 19.5 Å². The number of fused-ring (bicyclic) bond motifs is 1. The van der Waals surface area contributed by atoms with E-state index >= 15 is 0 Å². The van der Waals surface area contributed by atoms with E-state index in [4.69, 9.17) is 16.4 Å². The number of aromatic nitrogens is 2. The summed E-state index contributed by atoms with van der Waals surface area (Å²) in [6.45, 7) is 7.36. The summed E-state index contributed by atoms with van der Waals surface area (Å²) >= 11 is 6.70. The minimum Gasteiger partial charge on any atom is -0.368 e. The van der Waals surface area contributed by atoms with Crippen LogP contribution in [0, 0.1) is 0 Å². The van der Waals surface area contributed by atoms with Crippen LogP contribution in [-0.2, 0) is 16.1 Å². The van der Waals surface area contributed by atoms with E-state index in [1.54, 1.807) is 13.4 Å². The topological polar surface area (TPSA) is 53.8 Å². The minimum absolute atomic E-state index is 0.108. The Labute approximate surface area is 187 Å². The van der Waals surface area contributed by atoms with Gasteiger partial charge in [0, 0.05) is 38.9 Å². The Morgan fingerprint density at radius 2 is 1.94 bits per heavy atom. The van der Waals surface area contributed by atoms with Gasteiger partial charge in [0.25, 0.3) is 0 Å². The number of anilines is 1. The monoisotopic (exact) mass is 441 g/mol. The third-order valence-electron chi connectivity index (χ3n) is 5.96. The molecule has 1 aliphatic rings. The van der Waals surface area contributed by atoms with Crippen molar-refractivity contribution in [1.29, 1.82) is 0 Å². The first-order valence-electron chi connectivity index (χ1n) is 10.5. The SMILES string of the molecule is CCN1CCN(c2ccc(-n3cnc4ccc(CC(=O)N(C)OC)cc43)cc2Cl)CC1. The minimum atomic E-state index is -0.108. The van der Waals surface area contributed by atoms with Gasteiger partial charge >= 0.3 is 0 Å². The molecule has 0 radical (unpaired) electrons. The third-order valence-corrected chi connectivity index (χ3v) is 6.26. The molecule has 0 unspecified atom stereocenters. The average molecular weight is 442 g/mol. The molecule has 0 bridgehead atoms. The molecule has 7 nitrogen and oxygen atoms in total. The van der Waals surface area contributed by atoms with Crippen molar-refractivity contribution in [2.75, 3.05) is 51.8 Å². The van der Waals surface area contributed by atoms with Crippen LogP contribution in [0.4, 0.5) is 5.69 Å². The van der Waals surface area contributed by atoms with Gasteiger partial charge in [-0.15, -0.1) is 0 Å². The fourth-order valence-electron chi connectivity index (χ4n) is 3.96. The second-order valence-electron chi connectivity index (χ2n) is 7.75. The smallest absolute Gasteiger partial charge is 0.250 e. The van der Waals surface area contributed by atoms with Crippen molar-refractivity contribution in [3.63, 3.8) is 0 Å². The van der Waals surface area contributed by atoms with Crippen LogP contribution in [0.3, 0.4) is 0 Å². The molecule has 31 heavy (non-hydrogen) atoms. The van der Waals surface area contributed by atoms with Gasteiger partial charge in [-0.05, 0) is 42.4 Å². The molecule has 3 aromatic rings. The summed E-state index contributed by atoms with van der Waals surface area (Å²) in [7, 11) is 3.09. The molecule has 1 amide bonds. The van der Waals surface area contributed by atoms with E-state index in [-0.39, 0.29) is 12.3 Å². The number of imidazole rings is 1. The summed E-state index contributed by atoms with van der Waals surface area (Å²) in [6, 6.07) is 12.0. The first-order valence-corrected chi connectivity index (χ1v) is 10.9. The molecule has 1 aliphatic heterocycles. The van der Waals surface area contributed by atoms with Gasteiger partial charge < -0.3 is 9.80 Å². The van der Waals surface area contributed by atoms with Gasteiger partial charge in [-0.3, -0.25) is 14.2 Å². The van der Waals surface area contributed by atoms with Crippen LogP contribution >= 0.6 is 11.6 Å². The number of halogens is 1. The quantitative estimate of drug-likeness (QED) is 0.549. The number of amides is 1. The van der Waals surface area contributed by atoms with Crippen LogP contribution in [0.2, 0.25) is 5.02 Å². The van der Waals surface area contributed by atoms with Crippen LogP contribution in [0.25, 0.3) is 16.7 Å². The van der Waals surface area contributed by atoms with Crippen molar-refractivity contribution in [3.05, 3.63) is 53.3 Å². The number of carbonyl (C=O) groups is 1. The number of hydroxylamine groups is 2. The lowest BCUT2D eigenvalue weighted by atomic mass is 10.1. The van der Waals surface area contributed by atoms with Gasteiger partial charge in [0.2, 0.25) is 5.91 Å². The van der Waals surface area contributed by atoms with Crippen LogP contribution in [-0.4, -0.2) is 72.3 Å². The third kappa shape index (κ3) is 4.54. The lowest BCUT2D eigenvalue weighted by molar-refractivity contribution is -0.167. The Morgan fingerprint density at radius 1 is 1.16 bits per heavy atom. The van der Waals surface area contributed by atoms with E-state index in [1.165, 1.54) is 12.2 Å². The Hall–Kier alpha value is -2.61. The van der Waals surface area contributed by atoms with E-state index in [0.29, 0.717) is 0 Å².